The lowest BCUT2D eigenvalue weighted by Crippen LogP contribution is -2.44. The topological polar surface area (TPSA) is 96.3 Å². The van der Waals surface area contributed by atoms with Gasteiger partial charge in [-0.25, -0.2) is 0 Å². The lowest BCUT2D eigenvalue weighted by atomic mass is 9.81. The Kier molecular flexibility index (Phi) is 5.32. The van der Waals surface area contributed by atoms with Crippen molar-refractivity contribution in [2.75, 3.05) is 31.5 Å². The summed E-state index contributed by atoms with van der Waals surface area (Å²) >= 11 is 0. The number of nitrogens with zero attached hydrogens (tertiary/aromatic N) is 1. The summed E-state index contributed by atoms with van der Waals surface area (Å²) in [5, 5.41) is 19.9. The second kappa shape index (κ2) is 7.22. The molecule has 1 fully saturated rings. The number of para-hydroxylation sites is 2. The van der Waals surface area contributed by atoms with Gasteiger partial charge in [-0.3, -0.25) is 14.9 Å². The number of nitro groups is 1. The second-order valence-corrected chi connectivity index (χ2v) is 5.97. The molecule has 0 aliphatic carbocycles. The predicted molar refractivity (Wildman–Crippen MR) is 84.8 cm³/mol. The third-order valence-electron chi connectivity index (χ3n) is 4.06. The summed E-state index contributed by atoms with van der Waals surface area (Å²) < 4.78 is 0. The van der Waals surface area contributed by atoms with Crippen LogP contribution in [0.4, 0.5) is 11.4 Å². The zero-order valence-corrected chi connectivity index (χ0v) is 12.7. The van der Waals surface area contributed by atoms with Crippen LogP contribution in [0.3, 0.4) is 0 Å². The quantitative estimate of drug-likeness (QED) is 0.547. The summed E-state index contributed by atoms with van der Waals surface area (Å²) in [7, 11) is 0. The van der Waals surface area contributed by atoms with E-state index in [-0.39, 0.29) is 23.6 Å². The fourth-order valence-electron chi connectivity index (χ4n) is 2.54. The summed E-state index contributed by atoms with van der Waals surface area (Å²) in [5.74, 6) is -0.155. The average molecular weight is 306 g/mol. The summed E-state index contributed by atoms with van der Waals surface area (Å²) in [5.41, 5.74) is 0.455. The normalized spacial score (nSPS) is 16.8. The van der Waals surface area contributed by atoms with Crippen molar-refractivity contribution < 1.29 is 9.72 Å². The van der Waals surface area contributed by atoms with Crippen LogP contribution in [0.25, 0.3) is 0 Å². The van der Waals surface area contributed by atoms with E-state index in [9.17, 15) is 14.9 Å². The highest BCUT2D eigenvalue weighted by Crippen LogP contribution is 2.26. The van der Waals surface area contributed by atoms with Crippen LogP contribution < -0.4 is 16.0 Å². The first-order chi connectivity index (χ1) is 10.5. The summed E-state index contributed by atoms with van der Waals surface area (Å²) in [6.07, 6.45) is 2.07. The summed E-state index contributed by atoms with van der Waals surface area (Å²) in [4.78, 5) is 22.4. The van der Waals surface area contributed by atoms with Crippen molar-refractivity contribution in [3.8, 4) is 0 Å². The molecule has 0 unspecified atom stereocenters. The van der Waals surface area contributed by atoms with Gasteiger partial charge in [-0.15, -0.1) is 0 Å². The number of amides is 1. The molecule has 3 N–H and O–H groups in total. The van der Waals surface area contributed by atoms with Crippen LogP contribution in [0.1, 0.15) is 19.8 Å². The molecule has 0 aromatic heterocycles. The molecule has 7 nitrogen and oxygen atoms in total. The van der Waals surface area contributed by atoms with Crippen molar-refractivity contribution in [3.05, 3.63) is 34.4 Å². The van der Waals surface area contributed by atoms with Crippen molar-refractivity contribution in [1.82, 2.24) is 10.6 Å². The number of nitrogens with one attached hydrogen (secondary N) is 3. The number of hydrogen-bond donors (Lipinski definition) is 3. The Balaban J connectivity index is 1.82. The minimum atomic E-state index is -0.462. The molecule has 0 radical (unpaired) electrons. The van der Waals surface area contributed by atoms with Gasteiger partial charge >= 0.3 is 0 Å². The van der Waals surface area contributed by atoms with Gasteiger partial charge in [0, 0.05) is 12.6 Å². The molecule has 1 aliphatic heterocycles. The lowest BCUT2D eigenvalue weighted by molar-refractivity contribution is -0.383. The minimum Gasteiger partial charge on any atom is -0.371 e. The van der Waals surface area contributed by atoms with Crippen LogP contribution in [-0.2, 0) is 4.79 Å². The number of anilines is 1. The maximum Gasteiger partial charge on any atom is 0.292 e. The van der Waals surface area contributed by atoms with E-state index in [1.165, 1.54) is 6.07 Å². The van der Waals surface area contributed by atoms with Crippen LogP contribution >= 0.6 is 0 Å². The van der Waals surface area contributed by atoms with Crippen LogP contribution in [0, 0.1) is 15.5 Å². The number of nitro benzene ring substituents is 1. The Morgan fingerprint density at radius 2 is 2.05 bits per heavy atom. The Labute approximate surface area is 129 Å². The third-order valence-corrected chi connectivity index (χ3v) is 4.06. The monoisotopic (exact) mass is 306 g/mol. The molecule has 1 heterocycles. The van der Waals surface area contributed by atoms with E-state index in [4.69, 9.17) is 0 Å². The molecule has 0 bridgehead atoms. The molecule has 0 spiro atoms. The zero-order valence-electron chi connectivity index (χ0n) is 12.7. The number of piperidine rings is 1. The molecule has 1 amide bonds. The van der Waals surface area contributed by atoms with E-state index in [0.717, 1.165) is 25.9 Å². The molecule has 1 aromatic rings. The van der Waals surface area contributed by atoms with Gasteiger partial charge in [-0.1, -0.05) is 19.1 Å². The zero-order chi connectivity index (χ0) is 16.0. The van der Waals surface area contributed by atoms with Gasteiger partial charge in [0.1, 0.15) is 5.69 Å². The lowest BCUT2D eigenvalue weighted by Gasteiger charge is -2.34. The van der Waals surface area contributed by atoms with E-state index in [2.05, 4.69) is 22.9 Å². The number of hydrogen-bond acceptors (Lipinski definition) is 5. The number of rotatable bonds is 6. The van der Waals surface area contributed by atoms with Crippen LogP contribution in [0.15, 0.2) is 24.3 Å². The van der Waals surface area contributed by atoms with Gasteiger partial charge in [-0.2, -0.15) is 0 Å². The molecule has 22 heavy (non-hydrogen) atoms. The first kappa shape index (κ1) is 16.2. The largest absolute Gasteiger partial charge is 0.371 e. The van der Waals surface area contributed by atoms with Crippen molar-refractivity contribution in [1.29, 1.82) is 0 Å². The fraction of sp³-hybridized carbons (Fsp3) is 0.533. The highest BCUT2D eigenvalue weighted by Gasteiger charge is 2.26. The molecule has 120 valence electrons. The van der Waals surface area contributed by atoms with E-state index < -0.39 is 4.92 Å². The van der Waals surface area contributed by atoms with Gasteiger partial charge in [0.15, 0.2) is 0 Å². The Hall–Kier alpha value is -2.15. The van der Waals surface area contributed by atoms with Gasteiger partial charge in [0.25, 0.3) is 5.69 Å². The molecule has 0 atom stereocenters. The number of carbonyl (C=O) groups is 1. The Morgan fingerprint density at radius 3 is 2.73 bits per heavy atom. The smallest absolute Gasteiger partial charge is 0.292 e. The first-order valence-corrected chi connectivity index (χ1v) is 7.45. The second-order valence-electron chi connectivity index (χ2n) is 5.97. The molecule has 2 rings (SSSR count). The van der Waals surface area contributed by atoms with Gasteiger partial charge in [0.05, 0.1) is 11.5 Å². The van der Waals surface area contributed by atoms with Crippen LogP contribution in [-0.4, -0.2) is 37.0 Å². The molecule has 1 aliphatic rings. The SMILES string of the molecule is CC1(CNC(=O)CNc2ccccc2[N+](=O)[O-])CCNCC1. The number of benzene rings is 1. The highest BCUT2D eigenvalue weighted by atomic mass is 16.6. The van der Waals surface area contributed by atoms with Crippen LogP contribution in [0.2, 0.25) is 0 Å². The minimum absolute atomic E-state index is 0.0270. The summed E-state index contributed by atoms with van der Waals surface area (Å²) in [6, 6.07) is 6.31. The van der Waals surface area contributed by atoms with Crippen molar-refractivity contribution in [2.45, 2.75) is 19.8 Å². The molecule has 0 saturated carbocycles. The van der Waals surface area contributed by atoms with Crippen molar-refractivity contribution in [2.24, 2.45) is 5.41 Å². The molecule has 1 aromatic carbocycles. The Morgan fingerprint density at radius 1 is 1.36 bits per heavy atom. The predicted octanol–water partition coefficient (Wildman–Crippen LogP) is 1.51. The van der Waals surface area contributed by atoms with Gasteiger partial charge in [0.2, 0.25) is 5.91 Å². The van der Waals surface area contributed by atoms with E-state index in [1.807, 2.05) is 0 Å². The molecular formula is C15H22N4O3. The maximum absolute atomic E-state index is 11.9. The van der Waals surface area contributed by atoms with E-state index in [0.29, 0.717) is 12.2 Å². The van der Waals surface area contributed by atoms with Crippen LogP contribution in [0.5, 0.6) is 0 Å². The van der Waals surface area contributed by atoms with E-state index in [1.54, 1.807) is 18.2 Å². The average Bonchev–Trinajstić information content (AvgIpc) is 2.52. The maximum atomic E-state index is 11.9. The first-order valence-electron chi connectivity index (χ1n) is 7.45. The van der Waals surface area contributed by atoms with Gasteiger partial charge < -0.3 is 16.0 Å². The fourth-order valence-corrected chi connectivity index (χ4v) is 2.54. The Bertz CT molecular complexity index is 541. The van der Waals surface area contributed by atoms with Crippen molar-refractivity contribution >= 4 is 17.3 Å². The molecular weight excluding hydrogens is 284 g/mol. The summed E-state index contributed by atoms with van der Waals surface area (Å²) in [6.45, 7) is 4.77. The van der Waals surface area contributed by atoms with Crippen molar-refractivity contribution in [3.63, 3.8) is 0 Å². The van der Waals surface area contributed by atoms with Gasteiger partial charge in [-0.05, 0) is 37.4 Å². The number of carbonyl (C=O) groups excluding carboxylic acids is 1. The van der Waals surface area contributed by atoms with E-state index >= 15 is 0 Å². The molecule has 1 saturated heterocycles. The standard InChI is InChI=1S/C15H22N4O3/c1-15(6-8-16-9-7-15)11-18-14(20)10-17-12-4-2-3-5-13(12)19(21)22/h2-5,16-17H,6-11H2,1H3,(H,18,20). The molecule has 7 heteroatoms. The highest BCUT2D eigenvalue weighted by molar-refractivity contribution is 5.81. The third kappa shape index (κ3) is 4.42.